The highest BCUT2D eigenvalue weighted by Crippen LogP contribution is 2.26. The molecule has 0 bridgehead atoms. The number of aromatic hydroxyl groups is 1. The van der Waals surface area contributed by atoms with Gasteiger partial charge in [-0.05, 0) is 25.1 Å². The Morgan fingerprint density at radius 1 is 1.47 bits per heavy atom. The van der Waals surface area contributed by atoms with E-state index in [1.807, 2.05) is 17.6 Å². The molecule has 1 aromatic heterocycles. The molecule has 2 rings (SSSR count). The summed E-state index contributed by atoms with van der Waals surface area (Å²) in [5, 5.41) is 17.3. The molecule has 0 aliphatic carbocycles. The maximum atomic E-state index is 9.48. The van der Waals surface area contributed by atoms with Crippen molar-refractivity contribution in [1.82, 2.24) is 14.8 Å². The number of phenolic OH excluding ortho intramolecular Hbond substituents is 1. The van der Waals surface area contributed by atoms with Crippen molar-refractivity contribution < 1.29 is 5.11 Å². The van der Waals surface area contributed by atoms with Crippen LogP contribution in [0.5, 0.6) is 5.75 Å². The summed E-state index contributed by atoms with van der Waals surface area (Å²) in [6, 6.07) is 5.05. The van der Waals surface area contributed by atoms with E-state index < -0.39 is 0 Å². The van der Waals surface area contributed by atoms with Gasteiger partial charge in [0.1, 0.15) is 12.1 Å². The van der Waals surface area contributed by atoms with Gasteiger partial charge in [-0.15, -0.1) is 10.2 Å². The van der Waals surface area contributed by atoms with Crippen molar-refractivity contribution in [3.63, 3.8) is 0 Å². The second-order valence-corrected chi connectivity index (χ2v) is 3.21. The summed E-state index contributed by atoms with van der Waals surface area (Å²) in [6.45, 7) is 2.79. The third kappa shape index (κ3) is 1.63. The van der Waals surface area contributed by atoms with Crippen LogP contribution in [0.2, 0.25) is 0 Å². The van der Waals surface area contributed by atoms with E-state index in [1.165, 1.54) is 0 Å². The van der Waals surface area contributed by atoms with Gasteiger partial charge < -0.3 is 15.4 Å². The zero-order chi connectivity index (χ0) is 10.8. The molecule has 5 heteroatoms. The lowest BCUT2D eigenvalue weighted by Gasteiger charge is -2.04. The largest absolute Gasteiger partial charge is 0.506 e. The molecule has 15 heavy (non-hydrogen) atoms. The smallest absolute Gasteiger partial charge is 0.163 e. The summed E-state index contributed by atoms with van der Waals surface area (Å²) in [5.41, 5.74) is 6.69. The monoisotopic (exact) mass is 204 g/mol. The van der Waals surface area contributed by atoms with Gasteiger partial charge in [-0.1, -0.05) is 0 Å². The molecule has 5 nitrogen and oxygen atoms in total. The average Bonchev–Trinajstić information content (AvgIpc) is 2.70. The van der Waals surface area contributed by atoms with Gasteiger partial charge in [-0.2, -0.15) is 0 Å². The molecule has 78 valence electrons. The molecule has 0 spiro atoms. The molecule has 0 fully saturated rings. The van der Waals surface area contributed by atoms with E-state index in [-0.39, 0.29) is 5.75 Å². The fourth-order valence-corrected chi connectivity index (χ4v) is 1.39. The van der Waals surface area contributed by atoms with Gasteiger partial charge in [-0.3, -0.25) is 0 Å². The zero-order valence-electron chi connectivity index (χ0n) is 8.38. The van der Waals surface area contributed by atoms with Crippen molar-refractivity contribution in [3.8, 4) is 17.1 Å². The number of phenols is 1. The number of anilines is 1. The summed E-state index contributed by atoms with van der Waals surface area (Å²) >= 11 is 0. The van der Waals surface area contributed by atoms with Crippen LogP contribution in [0.25, 0.3) is 11.4 Å². The maximum absolute atomic E-state index is 9.48. The molecule has 0 radical (unpaired) electrons. The molecule has 0 saturated heterocycles. The third-order valence-corrected chi connectivity index (χ3v) is 2.24. The van der Waals surface area contributed by atoms with E-state index in [4.69, 9.17) is 5.73 Å². The van der Waals surface area contributed by atoms with Crippen molar-refractivity contribution >= 4 is 5.69 Å². The standard InChI is InChI=1S/C10H12N4O/c1-2-14-6-12-13-10(14)7-3-4-8(11)9(15)5-7/h3-6,15H,2,11H2,1H3. The first-order valence-corrected chi connectivity index (χ1v) is 4.69. The topological polar surface area (TPSA) is 77.0 Å². The highest BCUT2D eigenvalue weighted by atomic mass is 16.3. The van der Waals surface area contributed by atoms with Crippen LogP contribution in [0.4, 0.5) is 5.69 Å². The molecule has 0 amide bonds. The molecule has 3 N–H and O–H groups in total. The predicted molar refractivity (Wildman–Crippen MR) is 57.2 cm³/mol. The summed E-state index contributed by atoms with van der Waals surface area (Å²) < 4.78 is 1.89. The summed E-state index contributed by atoms with van der Waals surface area (Å²) in [7, 11) is 0. The van der Waals surface area contributed by atoms with E-state index in [2.05, 4.69) is 10.2 Å². The van der Waals surface area contributed by atoms with Crippen molar-refractivity contribution in [1.29, 1.82) is 0 Å². The summed E-state index contributed by atoms with van der Waals surface area (Å²) in [5.74, 6) is 0.797. The average molecular weight is 204 g/mol. The van der Waals surface area contributed by atoms with Crippen molar-refractivity contribution in [2.75, 3.05) is 5.73 Å². The van der Waals surface area contributed by atoms with Gasteiger partial charge in [0.15, 0.2) is 5.82 Å². The van der Waals surface area contributed by atoms with Gasteiger partial charge in [0.05, 0.1) is 5.69 Å². The van der Waals surface area contributed by atoms with Crippen LogP contribution in [0.15, 0.2) is 24.5 Å². The molecule has 1 heterocycles. The molecule has 0 unspecified atom stereocenters. The van der Waals surface area contributed by atoms with Crippen molar-refractivity contribution in [2.45, 2.75) is 13.5 Å². The van der Waals surface area contributed by atoms with Crippen LogP contribution in [0.1, 0.15) is 6.92 Å². The minimum Gasteiger partial charge on any atom is -0.506 e. The lowest BCUT2D eigenvalue weighted by molar-refractivity contribution is 0.478. The fraction of sp³-hybridized carbons (Fsp3) is 0.200. The Bertz CT molecular complexity index is 478. The third-order valence-electron chi connectivity index (χ3n) is 2.24. The maximum Gasteiger partial charge on any atom is 0.163 e. The predicted octanol–water partition coefficient (Wildman–Crippen LogP) is 1.25. The lowest BCUT2D eigenvalue weighted by atomic mass is 10.2. The molecule has 1 aromatic carbocycles. The van der Waals surface area contributed by atoms with E-state index in [9.17, 15) is 5.11 Å². The number of nitrogen functional groups attached to an aromatic ring is 1. The molecule has 0 atom stereocenters. The van der Waals surface area contributed by atoms with Gasteiger partial charge in [0.25, 0.3) is 0 Å². The highest BCUT2D eigenvalue weighted by molar-refractivity contribution is 5.64. The fourth-order valence-electron chi connectivity index (χ4n) is 1.39. The number of nitrogens with zero attached hydrogens (tertiary/aromatic N) is 3. The number of benzene rings is 1. The molecule has 0 aliphatic rings. The van der Waals surface area contributed by atoms with Crippen molar-refractivity contribution in [2.24, 2.45) is 0 Å². The first-order chi connectivity index (χ1) is 7.22. The Morgan fingerprint density at radius 3 is 2.93 bits per heavy atom. The quantitative estimate of drug-likeness (QED) is 0.570. The Balaban J connectivity index is 2.50. The zero-order valence-corrected chi connectivity index (χ0v) is 8.38. The molecule has 0 saturated carbocycles. The minimum absolute atomic E-state index is 0.0677. The van der Waals surface area contributed by atoms with Crippen LogP contribution in [0.3, 0.4) is 0 Å². The van der Waals surface area contributed by atoms with Crippen LogP contribution < -0.4 is 5.73 Å². The number of aromatic nitrogens is 3. The number of rotatable bonds is 2. The Morgan fingerprint density at radius 2 is 2.27 bits per heavy atom. The number of aryl methyl sites for hydroxylation is 1. The second kappa shape index (κ2) is 3.61. The van der Waals surface area contributed by atoms with Crippen molar-refractivity contribution in [3.05, 3.63) is 24.5 Å². The van der Waals surface area contributed by atoms with Gasteiger partial charge in [0.2, 0.25) is 0 Å². The van der Waals surface area contributed by atoms with E-state index in [0.717, 1.165) is 17.9 Å². The Hall–Kier alpha value is -2.04. The summed E-state index contributed by atoms with van der Waals surface area (Å²) in [6.07, 6.45) is 1.66. The molecule has 2 aromatic rings. The minimum atomic E-state index is 0.0677. The van der Waals surface area contributed by atoms with E-state index in [1.54, 1.807) is 18.5 Å². The second-order valence-electron chi connectivity index (χ2n) is 3.21. The van der Waals surface area contributed by atoms with Gasteiger partial charge >= 0.3 is 0 Å². The first-order valence-electron chi connectivity index (χ1n) is 4.69. The number of hydrogen-bond donors (Lipinski definition) is 2. The lowest BCUT2D eigenvalue weighted by Crippen LogP contribution is -1.96. The van der Waals surface area contributed by atoms with Gasteiger partial charge in [-0.25, -0.2) is 0 Å². The SMILES string of the molecule is CCn1cnnc1-c1ccc(N)c(O)c1. The van der Waals surface area contributed by atoms with E-state index in [0.29, 0.717) is 5.69 Å². The highest BCUT2D eigenvalue weighted by Gasteiger charge is 2.07. The van der Waals surface area contributed by atoms with E-state index >= 15 is 0 Å². The number of hydrogen-bond acceptors (Lipinski definition) is 4. The Kier molecular flexibility index (Phi) is 2.29. The van der Waals surface area contributed by atoms with Gasteiger partial charge in [0, 0.05) is 12.1 Å². The number of nitrogens with two attached hydrogens (primary N) is 1. The summed E-state index contributed by atoms with van der Waals surface area (Å²) in [4.78, 5) is 0. The van der Waals surface area contributed by atoms with Crippen LogP contribution >= 0.6 is 0 Å². The van der Waals surface area contributed by atoms with Crippen LogP contribution in [-0.4, -0.2) is 19.9 Å². The first kappa shape index (κ1) is 9.51. The Labute approximate surface area is 87.2 Å². The molecular weight excluding hydrogens is 192 g/mol. The van der Waals surface area contributed by atoms with Crippen LogP contribution in [-0.2, 0) is 6.54 Å². The molecular formula is C10H12N4O. The normalized spacial score (nSPS) is 10.5. The van der Waals surface area contributed by atoms with Crippen LogP contribution in [0, 0.1) is 0 Å². The molecule has 0 aliphatic heterocycles.